The number of nitrogens with zero attached hydrogens (tertiary/aromatic N) is 3. The van der Waals surface area contributed by atoms with Gasteiger partial charge in [0.15, 0.2) is 0 Å². The summed E-state index contributed by atoms with van der Waals surface area (Å²) >= 11 is 6.21. The second-order valence-electron chi connectivity index (χ2n) is 6.59. The normalized spacial score (nSPS) is 18.5. The third-order valence-electron chi connectivity index (χ3n) is 4.67. The van der Waals surface area contributed by atoms with Gasteiger partial charge in [-0.25, -0.2) is 8.42 Å². The highest BCUT2D eigenvalue weighted by atomic mass is 35.5. The van der Waals surface area contributed by atoms with Gasteiger partial charge in [0.05, 0.1) is 14.8 Å². The molecule has 2 aromatic carbocycles. The van der Waals surface area contributed by atoms with Crippen LogP contribution in [0.3, 0.4) is 0 Å². The van der Waals surface area contributed by atoms with Crippen molar-refractivity contribution in [3.63, 3.8) is 0 Å². The molecule has 7 nitrogen and oxygen atoms in total. The highest BCUT2D eigenvalue weighted by Gasteiger charge is 2.36. The number of hydrogen-bond acceptors (Lipinski definition) is 5. The van der Waals surface area contributed by atoms with E-state index in [0.717, 1.165) is 5.56 Å². The zero-order valence-corrected chi connectivity index (χ0v) is 16.6. The number of halogens is 1. The molecule has 0 bridgehead atoms. The standard InChI is InChI=1S/C18H20ClN3O4S/c1-13-6-8-15(9-7-13)27(25,26)21-11-10-20(12-14(21)2)18-16(19)4-3-5-17(18)22(23)24/h3-9,14H,10-12H2,1-2H3/t14-/m0/s1. The van der Waals surface area contributed by atoms with Crippen LogP contribution in [-0.2, 0) is 10.0 Å². The van der Waals surface area contributed by atoms with Crippen molar-refractivity contribution in [3.05, 3.63) is 63.2 Å². The first-order valence-corrected chi connectivity index (χ1v) is 10.3. The number of sulfonamides is 1. The topological polar surface area (TPSA) is 83.8 Å². The molecular weight excluding hydrogens is 390 g/mol. The van der Waals surface area contributed by atoms with Crippen LogP contribution in [0.25, 0.3) is 0 Å². The predicted octanol–water partition coefficient (Wildman–Crippen LogP) is 3.46. The molecule has 1 atom stereocenters. The van der Waals surface area contributed by atoms with Gasteiger partial charge in [-0.15, -0.1) is 0 Å². The Balaban J connectivity index is 1.87. The van der Waals surface area contributed by atoms with Gasteiger partial charge in [0.2, 0.25) is 10.0 Å². The van der Waals surface area contributed by atoms with Crippen LogP contribution in [0.5, 0.6) is 0 Å². The molecule has 1 saturated heterocycles. The van der Waals surface area contributed by atoms with E-state index in [9.17, 15) is 18.5 Å². The molecule has 0 radical (unpaired) electrons. The zero-order chi connectivity index (χ0) is 19.8. The van der Waals surface area contributed by atoms with Crippen molar-refractivity contribution in [2.24, 2.45) is 0 Å². The minimum atomic E-state index is -3.63. The molecule has 0 saturated carbocycles. The molecule has 0 aliphatic carbocycles. The van der Waals surface area contributed by atoms with Gasteiger partial charge < -0.3 is 4.90 Å². The SMILES string of the molecule is Cc1ccc(S(=O)(=O)N2CCN(c3c(Cl)cccc3[N+](=O)[O-])C[C@@H]2C)cc1. The Labute approximate surface area is 163 Å². The van der Waals surface area contributed by atoms with Gasteiger partial charge >= 0.3 is 0 Å². The van der Waals surface area contributed by atoms with Crippen LogP contribution in [0, 0.1) is 17.0 Å². The lowest BCUT2D eigenvalue weighted by Gasteiger charge is -2.40. The number of nitro benzene ring substituents is 1. The van der Waals surface area contributed by atoms with Gasteiger partial charge in [0.1, 0.15) is 5.69 Å². The lowest BCUT2D eigenvalue weighted by atomic mass is 10.2. The van der Waals surface area contributed by atoms with E-state index in [-0.39, 0.29) is 28.2 Å². The maximum absolute atomic E-state index is 13.0. The van der Waals surface area contributed by atoms with Crippen molar-refractivity contribution in [1.82, 2.24) is 4.31 Å². The van der Waals surface area contributed by atoms with Gasteiger partial charge in [0, 0.05) is 31.7 Å². The molecule has 1 aliphatic rings. The average Bonchev–Trinajstić information content (AvgIpc) is 2.61. The van der Waals surface area contributed by atoms with E-state index in [1.165, 1.54) is 16.4 Å². The molecule has 9 heteroatoms. The van der Waals surface area contributed by atoms with Crippen LogP contribution in [0.2, 0.25) is 5.02 Å². The number of piperazine rings is 1. The molecule has 3 rings (SSSR count). The number of nitro groups is 1. The predicted molar refractivity (Wildman–Crippen MR) is 105 cm³/mol. The molecule has 0 unspecified atom stereocenters. The molecule has 0 N–H and O–H groups in total. The second-order valence-corrected chi connectivity index (χ2v) is 8.89. The summed E-state index contributed by atoms with van der Waals surface area (Å²) in [5.41, 5.74) is 1.24. The number of benzene rings is 2. The number of aryl methyl sites for hydroxylation is 1. The monoisotopic (exact) mass is 409 g/mol. The highest BCUT2D eigenvalue weighted by Crippen LogP contribution is 2.37. The number of anilines is 1. The van der Waals surface area contributed by atoms with Crippen LogP contribution in [0.15, 0.2) is 47.4 Å². The fraction of sp³-hybridized carbons (Fsp3) is 0.333. The summed E-state index contributed by atoms with van der Waals surface area (Å²) in [6, 6.07) is 10.9. The van der Waals surface area contributed by atoms with Gasteiger partial charge in [-0.2, -0.15) is 4.31 Å². The van der Waals surface area contributed by atoms with Crippen LogP contribution in [0.1, 0.15) is 12.5 Å². The van der Waals surface area contributed by atoms with E-state index in [1.807, 2.05) is 6.92 Å². The van der Waals surface area contributed by atoms with Crippen LogP contribution in [0.4, 0.5) is 11.4 Å². The van der Waals surface area contributed by atoms with Crippen molar-refractivity contribution in [2.75, 3.05) is 24.5 Å². The lowest BCUT2D eigenvalue weighted by molar-refractivity contribution is -0.384. The molecule has 1 fully saturated rings. The fourth-order valence-electron chi connectivity index (χ4n) is 3.31. The van der Waals surface area contributed by atoms with Crippen molar-refractivity contribution < 1.29 is 13.3 Å². The average molecular weight is 410 g/mol. The number of hydrogen-bond donors (Lipinski definition) is 0. The molecule has 2 aromatic rings. The largest absolute Gasteiger partial charge is 0.362 e. The maximum Gasteiger partial charge on any atom is 0.294 e. The van der Waals surface area contributed by atoms with Crippen LogP contribution in [-0.4, -0.2) is 43.3 Å². The third-order valence-corrected chi connectivity index (χ3v) is 7.01. The summed E-state index contributed by atoms with van der Waals surface area (Å²) in [4.78, 5) is 12.9. The van der Waals surface area contributed by atoms with Gasteiger partial charge in [-0.3, -0.25) is 10.1 Å². The first kappa shape index (κ1) is 19.6. The summed E-state index contributed by atoms with van der Waals surface area (Å²) in [7, 11) is -3.63. The molecule has 144 valence electrons. The van der Waals surface area contributed by atoms with Crippen molar-refractivity contribution >= 4 is 33.0 Å². The second kappa shape index (κ2) is 7.46. The third kappa shape index (κ3) is 3.78. The minimum absolute atomic E-state index is 0.0791. The van der Waals surface area contributed by atoms with Crippen LogP contribution >= 0.6 is 11.6 Å². The molecular formula is C18H20ClN3O4S. The smallest absolute Gasteiger partial charge is 0.294 e. The van der Waals surface area contributed by atoms with E-state index in [2.05, 4.69) is 0 Å². The fourth-order valence-corrected chi connectivity index (χ4v) is 5.21. The Hall–Kier alpha value is -2.16. The van der Waals surface area contributed by atoms with Gasteiger partial charge in [-0.1, -0.05) is 35.4 Å². The summed E-state index contributed by atoms with van der Waals surface area (Å²) in [5, 5.41) is 11.6. The van der Waals surface area contributed by atoms with E-state index in [1.54, 1.807) is 42.2 Å². The molecule has 27 heavy (non-hydrogen) atoms. The van der Waals surface area contributed by atoms with E-state index < -0.39 is 14.9 Å². The van der Waals surface area contributed by atoms with E-state index in [0.29, 0.717) is 18.8 Å². The lowest BCUT2D eigenvalue weighted by Crippen LogP contribution is -2.54. The Bertz CT molecular complexity index is 963. The van der Waals surface area contributed by atoms with Gasteiger partial charge in [-0.05, 0) is 32.0 Å². The summed E-state index contributed by atoms with van der Waals surface area (Å²) in [5.74, 6) is 0. The molecule has 1 heterocycles. The Morgan fingerprint density at radius 3 is 2.41 bits per heavy atom. The first-order valence-electron chi connectivity index (χ1n) is 8.48. The Morgan fingerprint density at radius 1 is 1.15 bits per heavy atom. The quantitative estimate of drug-likeness (QED) is 0.570. The maximum atomic E-state index is 13.0. The highest BCUT2D eigenvalue weighted by molar-refractivity contribution is 7.89. The Morgan fingerprint density at radius 2 is 1.81 bits per heavy atom. The molecule has 0 aromatic heterocycles. The molecule has 1 aliphatic heterocycles. The summed E-state index contributed by atoms with van der Waals surface area (Å²) < 4.78 is 27.4. The number of rotatable bonds is 4. The first-order chi connectivity index (χ1) is 12.7. The van der Waals surface area contributed by atoms with Crippen molar-refractivity contribution in [2.45, 2.75) is 24.8 Å². The van der Waals surface area contributed by atoms with Gasteiger partial charge in [0.25, 0.3) is 5.69 Å². The van der Waals surface area contributed by atoms with E-state index in [4.69, 9.17) is 11.6 Å². The Kier molecular flexibility index (Phi) is 5.41. The molecule has 0 amide bonds. The van der Waals surface area contributed by atoms with Crippen molar-refractivity contribution in [1.29, 1.82) is 0 Å². The zero-order valence-electron chi connectivity index (χ0n) is 15.0. The summed E-state index contributed by atoms with van der Waals surface area (Å²) in [6.07, 6.45) is 0. The minimum Gasteiger partial charge on any atom is -0.362 e. The van der Waals surface area contributed by atoms with E-state index >= 15 is 0 Å². The number of para-hydroxylation sites is 1. The van der Waals surface area contributed by atoms with Crippen molar-refractivity contribution in [3.8, 4) is 0 Å². The molecule has 0 spiro atoms. The summed E-state index contributed by atoms with van der Waals surface area (Å²) in [6.45, 7) is 4.55. The van der Waals surface area contributed by atoms with Crippen LogP contribution < -0.4 is 4.90 Å².